The molecule has 98 valence electrons. The number of nitrogens with zero attached hydrogens (tertiary/aromatic N) is 1. The second-order valence-electron chi connectivity index (χ2n) is 4.03. The Balaban J connectivity index is 3.01. The average Bonchev–Trinajstić information content (AvgIpc) is 2.31. The number of carboxylic acids is 1. The molecule has 0 atom stereocenters. The molecule has 0 radical (unpaired) electrons. The molecule has 0 aromatic heterocycles. The van der Waals surface area contributed by atoms with Gasteiger partial charge in [-0.2, -0.15) is 0 Å². The fraction of sp³-hybridized carbons (Fsp3) is 0.385. The highest BCUT2D eigenvalue weighted by Crippen LogP contribution is 2.20. The molecule has 4 nitrogen and oxygen atoms in total. The van der Waals surface area contributed by atoms with E-state index < -0.39 is 5.97 Å². The van der Waals surface area contributed by atoms with E-state index >= 15 is 0 Å². The van der Waals surface area contributed by atoms with Gasteiger partial charge in [0.1, 0.15) is 6.54 Å². The molecule has 0 bridgehead atoms. The van der Waals surface area contributed by atoms with E-state index in [2.05, 4.69) is 0 Å². The number of aliphatic carboxylic acids is 1. The van der Waals surface area contributed by atoms with Crippen molar-refractivity contribution in [1.29, 1.82) is 0 Å². The summed E-state index contributed by atoms with van der Waals surface area (Å²) in [7, 11) is 0. The SMILES string of the molecule is CCCN(CC(=O)O)C(=O)c1cccc(Cl)c1C. The van der Waals surface area contributed by atoms with Gasteiger partial charge in [-0.25, -0.2) is 0 Å². The number of hydrogen-bond donors (Lipinski definition) is 1. The van der Waals surface area contributed by atoms with Gasteiger partial charge in [0.25, 0.3) is 5.91 Å². The van der Waals surface area contributed by atoms with Gasteiger partial charge in [-0.3, -0.25) is 9.59 Å². The normalized spacial score (nSPS) is 10.2. The van der Waals surface area contributed by atoms with Gasteiger partial charge in [0.15, 0.2) is 0 Å². The molecule has 0 unspecified atom stereocenters. The van der Waals surface area contributed by atoms with Gasteiger partial charge in [0, 0.05) is 17.1 Å². The van der Waals surface area contributed by atoms with Gasteiger partial charge in [0.05, 0.1) is 0 Å². The lowest BCUT2D eigenvalue weighted by atomic mass is 10.1. The van der Waals surface area contributed by atoms with Crippen molar-refractivity contribution in [2.24, 2.45) is 0 Å². The summed E-state index contributed by atoms with van der Waals surface area (Å²) in [6, 6.07) is 5.05. The second-order valence-corrected chi connectivity index (χ2v) is 4.44. The second kappa shape index (κ2) is 6.40. The molecule has 0 saturated heterocycles. The summed E-state index contributed by atoms with van der Waals surface area (Å²) in [4.78, 5) is 24.3. The molecule has 0 saturated carbocycles. The highest BCUT2D eigenvalue weighted by Gasteiger charge is 2.19. The number of hydrogen-bond acceptors (Lipinski definition) is 2. The van der Waals surface area contributed by atoms with Crippen molar-refractivity contribution in [1.82, 2.24) is 4.90 Å². The first-order chi connectivity index (χ1) is 8.47. The molecule has 0 spiro atoms. The van der Waals surface area contributed by atoms with Crippen molar-refractivity contribution in [3.8, 4) is 0 Å². The van der Waals surface area contributed by atoms with E-state index in [0.29, 0.717) is 29.1 Å². The highest BCUT2D eigenvalue weighted by molar-refractivity contribution is 6.31. The third kappa shape index (κ3) is 3.47. The topological polar surface area (TPSA) is 57.6 Å². The van der Waals surface area contributed by atoms with Crippen molar-refractivity contribution in [3.05, 3.63) is 34.3 Å². The van der Waals surface area contributed by atoms with Crippen LogP contribution in [0.3, 0.4) is 0 Å². The molecule has 1 amide bonds. The van der Waals surface area contributed by atoms with Crippen LogP contribution in [0.25, 0.3) is 0 Å². The predicted octanol–water partition coefficient (Wildman–Crippen LogP) is 2.59. The Kier molecular flexibility index (Phi) is 5.16. The lowest BCUT2D eigenvalue weighted by Crippen LogP contribution is -2.36. The van der Waals surface area contributed by atoms with Crippen LogP contribution < -0.4 is 0 Å². The summed E-state index contributed by atoms with van der Waals surface area (Å²) >= 11 is 5.96. The molecule has 1 rings (SSSR count). The smallest absolute Gasteiger partial charge is 0.323 e. The fourth-order valence-corrected chi connectivity index (χ4v) is 1.87. The minimum absolute atomic E-state index is 0.292. The van der Waals surface area contributed by atoms with E-state index in [-0.39, 0.29) is 12.5 Å². The molecule has 0 aliphatic rings. The third-order valence-corrected chi connectivity index (χ3v) is 3.01. The summed E-state index contributed by atoms with van der Waals surface area (Å²) in [6.45, 7) is 3.77. The Morgan fingerprint density at radius 1 is 1.39 bits per heavy atom. The summed E-state index contributed by atoms with van der Waals surface area (Å²) in [5, 5.41) is 9.32. The number of carbonyl (C=O) groups excluding carboxylic acids is 1. The van der Waals surface area contributed by atoms with Gasteiger partial charge in [-0.1, -0.05) is 24.6 Å². The van der Waals surface area contributed by atoms with E-state index in [4.69, 9.17) is 16.7 Å². The van der Waals surface area contributed by atoms with Crippen molar-refractivity contribution in [2.75, 3.05) is 13.1 Å². The average molecular weight is 270 g/mol. The zero-order chi connectivity index (χ0) is 13.7. The van der Waals surface area contributed by atoms with Crippen LogP contribution in [0.5, 0.6) is 0 Å². The van der Waals surface area contributed by atoms with Crippen LogP contribution in [0.4, 0.5) is 0 Å². The molecule has 0 heterocycles. The minimum Gasteiger partial charge on any atom is -0.480 e. The van der Waals surface area contributed by atoms with Crippen LogP contribution in [-0.4, -0.2) is 35.0 Å². The summed E-state index contributed by atoms with van der Waals surface area (Å²) in [5.74, 6) is -1.31. The Morgan fingerprint density at radius 3 is 2.61 bits per heavy atom. The van der Waals surface area contributed by atoms with E-state index in [0.717, 1.165) is 0 Å². The van der Waals surface area contributed by atoms with Gasteiger partial charge >= 0.3 is 5.97 Å². The van der Waals surface area contributed by atoms with Gasteiger partial charge in [0.2, 0.25) is 0 Å². The fourth-order valence-electron chi connectivity index (χ4n) is 1.70. The maximum absolute atomic E-state index is 12.2. The molecule has 0 aliphatic heterocycles. The molecular weight excluding hydrogens is 254 g/mol. The molecule has 0 fully saturated rings. The molecule has 18 heavy (non-hydrogen) atoms. The van der Waals surface area contributed by atoms with Crippen molar-refractivity contribution >= 4 is 23.5 Å². The van der Waals surface area contributed by atoms with Crippen LogP contribution in [0.2, 0.25) is 5.02 Å². The van der Waals surface area contributed by atoms with Crippen LogP contribution >= 0.6 is 11.6 Å². The van der Waals surface area contributed by atoms with Crippen LogP contribution in [0, 0.1) is 6.92 Å². The van der Waals surface area contributed by atoms with Crippen LogP contribution in [0.1, 0.15) is 29.3 Å². The first kappa shape index (κ1) is 14.5. The van der Waals surface area contributed by atoms with Crippen molar-refractivity contribution in [2.45, 2.75) is 20.3 Å². The maximum Gasteiger partial charge on any atom is 0.323 e. The van der Waals surface area contributed by atoms with Gasteiger partial charge in [-0.15, -0.1) is 0 Å². The zero-order valence-corrected chi connectivity index (χ0v) is 11.2. The van der Waals surface area contributed by atoms with Crippen LogP contribution in [0.15, 0.2) is 18.2 Å². The van der Waals surface area contributed by atoms with Gasteiger partial charge in [-0.05, 0) is 31.0 Å². The standard InChI is InChI=1S/C13H16ClNO3/c1-3-7-15(8-12(16)17)13(18)10-5-4-6-11(14)9(10)2/h4-6H,3,7-8H2,1-2H3,(H,16,17). The monoisotopic (exact) mass is 269 g/mol. The van der Waals surface area contributed by atoms with E-state index in [1.807, 2.05) is 6.92 Å². The quantitative estimate of drug-likeness (QED) is 0.894. The summed E-state index contributed by atoms with van der Waals surface area (Å²) < 4.78 is 0. The number of rotatable bonds is 5. The Labute approximate surface area is 111 Å². The van der Waals surface area contributed by atoms with E-state index in [9.17, 15) is 9.59 Å². The largest absolute Gasteiger partial charge is 0.480 e. The molecular formula is C13H16ClNO3. The summed E-state index contributed by atoms with van der Waals surface area (Å²) in [5.41, 5.74) is 1.13. The molecule has 0 aliphatic carbocycles. The Hall–Kier alpha value is -1.55. The van der Waals surface area contributed by atoms with Crippen molar-refractivity contribution < 1.29 is 14.7 Å². The number of amides is 1. The molecule has 1 aromatic rings. The number of benzene rings is 1. The predicted molar refractivity (Wildman–Crippen MR) is 70.0 cm³/mol. The van der Waals surface area contributed by atoms with Crippen LogP contribution in [-0.2, 0) is 4.79 Å². The number of halogens is 1. The first-order valence-electron chi connectivity index (χ1n) is 5.73. The molecule has 5 heteroatoms. The first-order valence-corrected chi connectivity index (χ1v) is 6.11. The zero-order valence-electron chi connectivity index (χ0n) is 10.4. The highest BCUT2D eigenvalue weighted by atomic mass is 35.5. The Morgan fingerprint density at radius 2 is 2.06 bits per heavy atom. The Bertz CT molecular complexity index is 460. The lowest BCUT2D eigenvalue weighted by molar-refractivity contribution is -0.137. The molecule has 1 aromatic carbocycles. The van der Waals surface area contributed by atoms with E-state index in [1.54, 1.807) is 25.1 Å². The number of carboxylic acid groups (broad SMARTS) is 1. The third-order valence-electron chi connectivity index (χ3n) is 2.60. The van der Waals surface area contributed by atoms with E-state index in [1.165, 1.54) is 4.90 Å². The summed E-state index contributed by atoms with van der Waals surface area (Å²) in [6.07, 6.45) is 0.707. The minimum atomic E-state index is -1.02. The molecule has 1 N–H and O–H groups in total. The lowest BCUT2D eigenvalue weighted by Gasteiger charge is -2.21. The number of carbonyl (C=O) groups is 2. The van der Waals surface area contributed by atoms with Gasteiger partial charge < -0.3 is 10.0 Å². The maximum atomic E-state index is 12.2. The van der Waals surface area contributed by atoms with Crippen molar-refractivity contribution in [3.63, 3.8) is 0 Å².